The third-order valence-corrected chi connectivity index (χ3v) is 5.61. The van der Waals surface area contributed by atoms with Crippen LogP contribution in [0.2, 0.25) is 0 Å². The number of rotatable bonds is 4. The SMILES string of the molecule is CNC1CCCC1Oc1ccc2c(c1)CN(C1CCC(=O)NC1=O)C2=O. The minimum Gasteiger partial charge on any atom is -0.489 e. The quantitative estimate of drug-likeness (QED) is 0.784. The molecule has 0 radical (unpaired) electrons. The fourth-order valence-electron chi connectivity index (χ4n) is 4.20. The first-order valence-corrected chi connectivity index (χ1v) is 9.18. The van der Waals surface area contributed by atoms with Crippen LogP contribution in [0.25, 0.3) is 0 Å². The van der Waals surface area contributed by atoms with Crippen molar-refractivity contribution in [1.82, 2.24) is 15.5 Å². The van der Waals surface area contributed by atoms with E-state index in [0.717, 1.165) is 30.6 Å². The van der Waals surface area contributed by atoms with Gasteiger partial charge in [0.1, 0.15) is 17.9 Å². The highest BCUT2D eigenvalue weighted by Gasteiger charge is 2.39. The van der Waals surface area contributed by atoms with Crippen molar-refractivity contribution in [2.24, 2.45) is 0 Å². The first-order chi connectivity index (χ1) is 12.6. The predicted molar refractivity (Wildman–Crippen MR) is 93.6 cm³/mol. The number of benzene rings is 1. The van der Waals surface area contributed by atoms with Gasteiger partial charge in [0.15, 0.2) is 0 Å². The highest BCUT2D eigenvalue weighted by Crippen LogP contribution is 2.32. The number of likely N-dealkylation sites (N-methyl/N-ethyl adjacent to an activating group) is 1. The molecule has 1 saturated heterocycles. The maximum absolute atomic E-state index is 12.7. The van der Waals surface area contributed by atoms with Crippen LogP contribution in [-0.2, 0) is 16.1 Å². The molecule has 3 aliphatic rings. The molecule has 4 rings (SSSR count). The standard InChI is InChI=1S/C19H23N3O4/c1-20-14-3-2-4-16(14)26-12-5-6-13-11(9-12)10-22(19(13)25)15-7-8-17(23)21-18(15)24/h5-6,9,14-16,20H,2-4,7-8,10H2,1H3,(H,21,23,24). The summed E-state index contributed by atoms with van der Waals surface area (Å²) in [6, 6.07) is 5.28. The van der Waals surface area contributed by atoms with Crippen LogP contribution in [0.4, 0.5) is 0 Å². The Bertz CT molecular complexity index is 763. The van der Waals surface area contributed by atoms with Crippen LogP contribution >= 0.6 is 0 Å². The van der Waals surface area contributed by atoms with E-state index in [4.69, 9.17) is 4.74 Å². The molecule has 2 aliphatic heterocycles. The topological polar surface area (TPSA) is 87.7 Å². The zero-order valence-electron chi connectivity index (χ0n) is 14.8. The van der Waals surface area contributed by atoms with Gasteiger partial charge in [-0.05, 0) is 56.5 Å². The maximum Gasteiger partial charge on any atom is 0.255 e. The van der Waals surface area contributed by atoms with Crippen LogP contribution in [0.3, 0.4) is 0 Å². The molecule has 0 spiro atoms. The van der Waals surface area contributed by atoms with Crippen LogP contribution in [0, 0.1) is 0 Å². The second-order valence-corrected chi connectivity index (χ2v) is 7.20. The highest BCUT2D eigenvalue weighted by atomic mass is 16.5. The number of nitrogens with zero attached hydrogens (tertiary/aromatic N) is 1. The van der Waals surface area contributed by atoms with Crippen LogP contribution in [0.5, 0.6) is 5.75 Å². The first-order valence-electron chi connectivity index (χ1n) is 9.18. The van der Waals surface area contributed by atoms with Crippen molar-refractivity contribution < 1.29 is 19.1 Å². The fourth-order valence-corrected chi connectivity index (χ4v) is 4.20. The van der Waals surface area contributed by atoms with E-state index in [-0.39, 0.29) is 30.2 Å². The number of piperidine rings is 1. The molecule has 1 aromatic rings. The van der Waals surface area contributed by atoms with E-state index in [2.05, 4.69) is 10.6 Å². The van der Waals surface area contributed by atoms with Crippen LogP contribution in [-0.4, -0.2) is 47.9 Å². The van der Waals surface area contributed by atoms with Gasteiger partial charge in [-0.3, -0.25) is 19.7 Å². The summed E-state index contributed by atoms with van der Waals surface area (Å²) < 4.78 is 6.14. The van der Waals surface area contributed by atoms with Gasteiger partial charge in [-0.2, -0.15) is 0 Å². The minimum atomic E-state index is -0.583. The lowest BCUT2D eigenvalue weighted by Gasteiger charge is -2.29. The molecule has 2 N–H and O–H groups in total. The molecule has 138 valence electrons. The Morgan fingerprint density at radius 3 is 2.81 bits per heavy atom. The van der Waals surface area contributed by atoms with Gasteiger partial charge < -0.3 is 15.0 Å². The smallest absolute Gasteiger partial charge is 0.255 e. The largest absolute Gasteiger partial charge is 0.489 e. The molecule has 1 aromatic carbocycles. The molecular formula is C19H23N3O4. The summed E-state index contributed by atoms with van der Waals surface area (Å²) in [5, 5.41) is 5.61. The van der Waals surface area contributed by atoms with Crippen molar-refractivity contribution in [3.05, 3.63) is 29.3 Å². The second-order valence-electron chi connectivity index (χ2n) is 7.20. The number of amides is 3. The van der Waals surface area contributed by atoms with Gasteiger partial charge in [0.05, 0.1) is 0 Å². The van der Waals surface area contributed by atoms with Crippen LogP contribution in [0.1, 0.15) is 48.0 Å². The van der Waals surface area contributed by atoms with Gasteiger partial charge in [0, 0.05) is 24.6 Å². The summed E-state index contributed by atoms with van der Waals surface area (Å²) in [5.41, 5.74) is 1.48. The molecule has 3 atom stereocenters. The first kappa shape index (κ1) is 17.0. The van der Waals surface area contributed by atoms with Crippen molar-refractivity contribution in [2.45, 2.75) is 56.8 Å². The number of hydrogen-bond acceptors (Lipinski definition) is 5. The zero-order chi connectivity index (χ0) is 18.3. The predicted octanol–water partition coefficient (Wildman–Crippen LogP) is 0.967. The third kappa shape index (κ3) is 2.96. The number of carbonyl (C=O) groups excluding carboxylic acids is 3. The van der Waals surface area contributed by atoms with Gasteiger partial charge in [0.2, 0.25) is 11.8 Å². The van der Waals surface area contributed by atoms with E-state index in [0.29, 0.717) is 24.6 Å². The van der Waals surface area contributed by atoms with E-state index in [1.807, 2.05) is 19.2 Å². The molecule has 7 heteroatoms. The number of carbonyl (C=O) groups is 3. The maximum atomic E-state index is 12.7. The van der Waals surface area contributed by atoms with Crippen molar-refractivity contribution >= 4 is 17.7 Å². The number of fused-ring (bicyclic) bond motifs is 1. The summed E-state index contributed by atoms with van der Waals surface area (Å²) in [6.45, 7) is 0.373. The van der Waals surface area contributed by atoms with Crippen molar-refractivity contribution in [3.63, 3.8) is 0 Å². The number of nitrogens with one attached hydrogen (secondary N) is 2. The van der Waals surface area contributed by atoms with E-state index in [1.54, 1.807) is 11.0 Å². The highest BCUT2D eigenvalue weighted by molar-refractivity contribution is 6.05. The van der Waals surface area contributed by atoms with E-state index >= 15 is 0 Å². The van der Waals surface area contributed by atoms with Gasteiger partial charge in [-0.25, -0.2) is 0 Å². The molecule has 2 heterocycles. The number of ether oxygens (including phenoxy) is 1. The van der Waals surface area contributed by atoms with E-state index < -0.39 is 6.04 Å². The van der Waals surface area contributed by atoms with Crippen LogP contribution in [0.15, 0.2) is 18.2 Å². The summed E-state index contributed by atoms with van der Waals surface area (Å²) in [7, 11) is 1.95. The average Bonchev–Trinajstić information content (AvgIpc) is 3.19. The lowest BCUT2D eigenvalue weighted by molar-refractivity contribution is -0.136. The van der Waals surface area contributed by atoms with Crippen molar-refractivity contribution in [1.29, 1.82) is 0 Å². The summed E-state index contributed by atoms with van der Waals surface area (Å²) in [6.07, 6.45) is 4.04. The Hall–Kier alpha value is -2.41. The Morgan fingerprint density at radius 2 is 2.04 bits per heavy atom. The molecule has 0 bridgehead atoms. The lowest BCUT2D eigenvalue weighted by Crippen LogP contribution is -2.52. The van der Waals surface area contributed by atoms with E-state index in [9.17, 15) is 14.4 Å². The van der Waals surface area contributed by atoms with Crippen molar-refractivity contribution in [2.75, 3.05) is 7.05 Å². The summed E-state index contributed by atoms with van der Waals surface area (Å²) >= 11 is 0. The zero-order valence-corrected chi connectivity index (χ0v) is 14.8. The molecule has 1 aliphatic carbocycles. The third-order valence-electron chi connectivity index (χ3n) is 5.61. The summed E-state index contributed by atoms with van der Waals surface area (Å²) in [5.74, 6) is -0.0627. The normalized spacial score (nSPS) is 28.3. The average molecular weight is 357 g/mol. The molecule has 26 heavy (non-hydrogen) atoms. The number of hydrogen-bond donors (Lipinski definition) is 2. The minimum absolute atomic E-state index is 0.140. The monoisotopic (exact) mass is 357 g/mol. The van der Waals surface area contributed by atoms with Gasteiger partial charge in [-0.1, -0.05) is 0 Å². The number of imide groups is 1. The molecule has 1 saturated carbocycles. The van der Waals surface area contributed by atoms with Gasteiger partial charge in [0.25, 0.3) is 5.91 Å². The molecule has 2 fully saturated rings. The Labute approximate surface area is 152 Å². The van der Waals surface area contributed by atoms with Gasteiger partial charge >= 0.3 is 0 Å². The Kier molecular flexibility index (Phi) is 4.40. The molecule has 0 aromatic heterocycles. The lowest BCUT2D eigenvalue weighted by atomic mass is 10.0. The van der Waals surface area contributed by atoms with Crippen LogP contribution < -0.4 is 15.4 Å². The van der Waals surface area contributed by atoms with Gasteiger partial charge in [-0.15, -0.1) is 0 Å². The Morgan fingerprint density at radius 1 is 1.19 bits per heavy atom. The Balaban J connectivity index is 1.50. The van der Waals surface area contributed by atoms with E-state index in [1.165, 1.54) is 0 Å². The molecular weight excluding hydrogens is 334 g/mol. The molecule has 3 amide bonds. The summed E-state index contributed by atoms with van der Waals surface area (Å²) in [4.78, 5) is 37.7. The fraction of sp³-hybridized carbons (Fsp3) is 0.526. The molecule has 7 nitrogen and oxygen atoms in total. The van der Waals surface area contributed by atoms with Crippen molar-refractivity contribution in [3.8, 4) is 5.75 Å². The molecule has 3 unspecified atom stereocenters. The second kappa shape index (κ2) is 6.72.